The number of carbonyl (C=O) groups is 1. The van der Waals surface area contributed by atoms with Gasteiger partial charge < -0.3 is 0 Å². The van der Waals surface area contributed by atoms with Crippen molar-refractivity contribution in [3.05, 3.63) is 24.3 Å². The quantitative estimate of drug-likeness (QED) is 0.847. The first-order chi connectivity index (χ1) is 11.7. The molecule has 1 saturated heterocycles. The monoisotopic (exact) mass is 386 g/mol. The van der Waals surface area contributed by atoms with Crippen molar-refractivity contribution < 1.29 is 21.6 Å². The Morgan fingerprint density at radius 3 is 2.20 bits per heavy atom. The summed E-state index contributed by atoms with van der Waals surface area (Å²) >= 11 is 0. The smallest absolute Gasteiger partial charge is 0.244 e. The Labute approximate surface area is 148 Å². The molecule has 7 nitrogen and oxygen atoms in total. The van der Waals surface area contributed by atoms with Crippen molar-refractivity contribution in [3.8, 4) is 0 Å². The Morgan fingerprint density at radius 2 is 1.68 bits per heavy atom. The molecule has 1 atom stereocenters. The van der Waals surface area contributed by atoms with E-state index in [9.17, 15) is 21.6 Å². The number of sulfonamides is 2. The van der Waals surface area contributed by atoms with Crippen LogP contribution < -0.4 is 9.03 Å². The van der Waals surface area contributed by atoms with Gasteiger partial charge in [-0.2, -0.15) is 0 Å². The summed E-state index contributed by atoms with van der Waals surface area (Å²) in [5.41, 5.74) is 0.172. The van der Waals surface area contributed by atoms with Crippen molar-refractivity contribution >= 4 is 31.6 Å². The van der Waals surface area contributed by atoms with E-state index in [1.165, 1.54) is 24.3 Å². The zero-order valence-electron chi connectivity index (χ0n) is 14.0. The molecule has 1 N–H and O–H groups in total. The van der Waals surface area contributed by atoms with Crippen molar-refractivity contribution in [2.24, 2.45) is 5.92 Å². The number of rotatable bonds is 4. The largest absolute Gasteiger partial charge is 0.273 e. The Hall–Kier alpha value is -1.45. The summed E-state index contributed by atoms with van der Waals surface area (Å²) in [6, 6.07) is 5.35. The van der Waals surface area contributed by atoms with E-state index in [1.807, 2.05) is 0 Å². The Balaban J connectivity index is 1.81. The second kappa shape index (κ2) is 6.69. The second-order valence-corrected chi connectivity index (χ2v) is 10.3. The van der Waals surface area contributed by atoms with Crippen molar-refractivity contribution in [1.82, 2.24) is 4.72 Å². The van der Waals surface area contributed by atoms with Gasteiger partial charge in [0, 0.05) is 6.04 Å². The predicted octanol–water partition coefficient (Wildman–Crippen LogP) is 1.61. The van der Waals surface area contributed by atoms with Crippen LogP contribution in [0.1, 0.15) is 39.0 Å². The normalized spacial score (nSPS) is 24.6. The molecule has 1 saturated carbocycles. The van der Waals surface area contributed by atoms with Crippen molar-refractivity contribution in [3.63, 3.8) is 0 Å². The summed E-state index contributed by atoms with van der Waals surface area (Å²) in [5.74, 6) is -1.31. The lowest BCUT2D eigenvalue weighted by Crippen LogP contribution is -2.36. The third-order valence-corrected chi connectivity index (χ3v) is 8.07. The molecular weight excluding hydrogens is 364 g/mol. The lowest BCUT2D eigenvalue weighted by molar-refractivity contribution is -0.119. The summed E-state index contributed by atoms with van der Waals surface area (Å²) in [4.78, 5) is 12.2. The zero-order chi connectivity index (χ0) is 18.2. The summed E-state index contributed by atoms with van der Waals surface area (Å²) in [6.45, 7) is 1.56. The third kappa shape index (κ3) is 3.73. The molecule has 9 heteroatoms. The van der Waals surface area contributed by atoms with Crippen molar-refractivity contribution in [2.45, 2.75) is 50.0 Å². The molecule has 0 bridgehead atoms. The number of amides is 1. The molecule has 0 spiro atoms. The first-order valence-electron chi connectivity index (χ1n) is 8.40. The van der Waals surface area contributed by atoms with Gasteiger partial charge in [0.1, 0.15) is 0 Å². The topological polar surface area (TPSA) is 101 Å². The van der Waals surface area contributed by atoms with Crippen LogP contribution in [0.2, 0.25) is 0 Å². The standard InChI is InChI=1S/C16H22N2O5S2/c1-12-11-24(20,21)18(16(12)19)14-7-9-15(10-8-14)25(22,23)17-13-5-3-2-4-6-13/h7-10,12-13,17H,2-6,11H2,1H3/t12-/m1/s1. The van der Waals surface area contributed by atoms with E-state index < -0.39 is 31.9 Å². The van der Waals surface area contributed by atoms with E-state index in [4.69, 9.17) is 0 Å². The minimum atomic E-state index is -3.69. The maximum atomic E-state index is 12.5. The summed E-state index contributed by atoms with van der Waals surface area (Å²) in [6.07, 6.45) is 4.81. The maximum Gasteiger partial charge on any atom is 0.244 e. The molecule has 0 radical (unpaired) electrons. The predicted molar refractivity (Wildman–Crippen MR) is 94.1 cm³/mol. The van der Waals surface area contributed by atoms with Gasteiger partial charge >= 0.3 is 0 Å². The third-order valence-electron chi connectivity index (χ3n) is 4.67. The van der Waals surface area contributed by atoms with Crippen LogP contribution in [-0.4, -0.2) is 34.5 Å². The van der Waals surface area contributed by atoms with E-state index >= 15 is 0 Å². The molecule has 0 aromatic heterocycles. The molecule has 25 heavy (non-hydrogen) atoms. The first-order valence-corrected chi connectivity index (χ1v) is 11.5. The SMILES string of the molecule is C[C@@H]1CS(=O)(=O)N(c2ccc(S(=O)(=O)NC3CCCCC3)cc2)C1=O. The number of hydrogen-bond donors (Lipinski definition) is 1. The van der Waals surface area contributed by atoms with E-state index in [0.29, 0.717) is 0 Å². The highest BCUT2D eigenvalue weighted by molar-refractivity contribution is 7.94. The van der Waals surface area contributed by atoms with Crippen molar-refractivity contribution in [2.75, 3.05) is 10.1 Å². The van der Waals surface area contributed by atoms with Gasteiger partial charge in [-0.3, -0.25) is 4.79 Å². The summed E-state index contributed by atoms with van der Waals surface area (Å²) in [5, 5.41) is 0. The van der Waals surface area contributed by atoms with E-state index in [2.05, 4.69) is 4.72 Å². The Bertz CT molecular complexity index is 856. The Morgan fingerprint density at radius 1 is 1.08 bits per heavy atom. The molecule has 1 aliphatic heterocycles. The van der Waals surface area contributed by atoms with Crippen LogP contribution in [0.15, 0.2) is 29.2 Å². The minimum absolute atomic E-state index is 0.0557. The molecule has 1 aliphatic carbocycles. The lowest BCUT2D eigenvalue weighted by Gasteiger charge is -2.22. The van der Waals surface area contributed by atoms with Crippen LogP contribution in [0.3, 0.4) is 0 Å². The highest BCUT2D eigenvalue weighted by Crippen LogP contribution is 2.29. The minimum Gasteiger partial charge on any atom is -0.273 e. The number of carbonyl (C=O) groups excluding carboxylic acids is 1. The molecule has 1 aromatic rings. The maximum absolute atomic E-state index is 12.5. The average Bonchev–Trinajstić information content (AvgIpc) is 2.75. The van der Waals surface area contributed by atoms with E-state index in [-0.39, 0.29) is 22.4 Å². The molecule has 3 rings (SSSR count). The fourth-order valence-corrected chi connectivity index (χ4v) is 6.48. The van der Waals surface area contributed by atoms with Gasteiger partial charge in [-0.05, 0) is 37.1 Å². The number of anilines is 1. The highest BCUT2D eigenvalue weighted by atomic mass is 32.2. The van der Waals surface area contributed by atoms with Crippen LogP contribution in [-0.2, 0) is 24.8 Å². The molecule has 1 heterocycles. The van der Waals surface area contributed by atoms with E-state index in [1.54, 1.807) is 6.92 Å². The first kappa shape index (κ1) is 18.3. The Kier molecular flexibility index (Phi) is 4.91. The zero-order valence-corrected chi connectivity index (χ0v) is 15.6. The van der Waals surface area contributed by atoms with Crippen LogP contribution in [0, 0.1) is 5.92 Å². The van der Waals surface area contributed by atoms with Gasteiger partial charge in [0.15, 0.2) is 0 Å². The number of nitrogens with one attached hydrogen (secondary N) is 1. The van der Waals surface area contributed by atoms with Gasteiger partial charge in [0.25, 0.3) is 0 Å². The molecule has 138 valence electrons. The summed E-state index contributed by atoms with van der Waals surface area (Å²) in [7, 11) is -7.35. The average molecular weight is 386 g/mol. The van der Waals surface area contributed by atoms with Crippen molar-refractivity contribution in [1.29, 1.82) is 0 Å². The highest BCUT2D eigenvalue weighted by Gasteiger charge is 2.42. The van der Waals surface area contributed by atoms with Gasteiger partial charge in [0.2, 0.25) is 26.0 Å². The molecule has 1 aromatic carbocycles. The van der Waals surface area contributed by atoms with Gasteiger partial charge in [-0.1, -0.05) is 26.2 Å². The van der Waals surface area contributed by atoms with Gasteiger partial charge in [-0.25, -0.2) is 25.9 Å². The number of benzene rings is 1. The number of nitrogens with zero attached hydrogens (tertiary/aromatic N) is 1. The van der Waals surface area contributed by atoms with E-state index in [0.717, 1.165) is 36.4 Å². The lowest BCUT2D eigenvalue weighted by atomic mass is 9.96. The molecule has 2 fully saturated rings. The molecule has 1 amide bonds. The van der Waals surface area contributed by atoms with Gasteiger partial charge in [-0.15, -0.1) is 0 Å². The second-order valence-electron chi connectivity index (χ2n) is 6.73. The molecule has 2 aliphatic rings. The fraction of sp³-hybridized carbons (Fsp3) is 0.562. The van der Waals surface area contributed by atoms with Crippen LogP contribution in [0.25, 0.3) is 0 Å². The van der Waals surface area contributed by atoms with Gasteiger partial charge in [0.05, 0.1) is 22.3 Å². The van der Waals surface area contributed by atoms with Crippen LogP contribution in [0.5, 0.6) is 0 Å². The van der Waals surface area contributed by atoms with Crippen LogP contribution in [0.4, 0.5) is 5.69 Å². The molecule has 0 unspecified atom stereocenters. The number of hydrogen-bond acceptors (Lipinski definition) is 5. The summed E-state index contributed by atoms with van der Waals surface area (Å²) < 4.78 is 52.6. The van der Waals surface area contributed by atoms with Crippen LogP contribution >= 0.6 is 0 Å². The fourth-order valence-electron chi connectivity index (χ4n) is 3.36. The molecular formula is C16H22N2O5S2.